The van der Waals surface area contributed by atoms with E-state index < -0.39 is 55.5 Å². The quantitative estimate of drug-likeness (QED) is 0.345. The molecule has 2 aromatic rings. The Balaban J connectivity index is 1.42. The van der Waals surface area contributed by atoms with E-state index in [4.69, 9.17) is 0 Å². The van der Waals surface area contributed by atoms with Crippen molar-refractivity contribution in [3.8, 4) is 0 Å². The molecule has 0 saturated carbocycles. The van der Waals surface area contributed by atoms with E-state index in [-0.39, 0.29) is 26.2 Å². The Hall–Kier alpha value is -3.84. The molecule has 0 aromatic heterocycles. The zero-order chi connectivity index (χ0) is 26.3. The van der Waals surface area contributed by atoms with E-state index in [1.54, 1.807) is 19.1 Å². The van der Waals surface area contributed by atoms with Gasteiger partial charge in [0.1, 0.15) is 12.1 Å². The number of urea groups is 1. The topological polar surface area (TPSA) is 150 Å². The zero-order valence-electron chi connectivity index (χ0n) is 19.7. The molecule has 4 amide bonds. The van der Waals surface area contributed by atoms with Crippen LogP contribution in [0.15, 0.2) is 53.4 Å². The molecule has 2 aliphatic rings. The Labute approximate surface area is 207 Å². The van der Waals surface area contributed by atoms with Gasteiger partial charge in [-0.1, -0.05) is 42.0 Å². The van der Waals surface area contributed by atoms with Crippen molar-refractivity contribution < 1.29 is 27.7 Å². The standard InChI is InChI=1S/C23H25N5O7S/c1-16-7-9-17(10-8-16)23(2)21(30)27(22(31)24-23)15-20(29)25-11-13-26(14-12-25)36(34,35)19-6-4-3-5-18(19)28(32)33/h3-10H,11-15H2,1-2H3,(H,24,31)/t23-/m1/s1. The van der Waals surface area contributed by atoms with Gasteiger partial charge in [-0.25, -0.2) is 13.2 Å². The van der Waals surface area contributed by atoms with E-state index in [1.807, 2.05) is 19.1 Å². The molecule has 1 N–H and O–H groups in total. The van der Waals surface area contributed by atoms with Gasteiger partial charge >= 0.3 is 6.03 Å². The van der Waals surface area contributed by atoms with Gasteiger partial charge in [-0.3, -0.25) is 24.6 Å². The number of nitro benzene ring substituents is 1. The van der Waals surface area contributed by atoms with Gasteiger partial charge in [-0.15, -0.1) is 0 Å². The normalized spacial score (nSPS) is 20.9. The first kappa shape index (κ1) is 25.3. The second-order valence-corrected chi connectivity index (χ2v) is 10.7. The summed E-state index contributed by atoms with van der Waals surface area (Å²) in [5, 5.41) is 13.9. The molecule has 2 aliphatic heterocycles. The predicted octanol–water partition coefficient (Wildman–Crippen LogP) is 1.20. The minimum atomic E-state index is -4.15. The molecule has 0 aliphatic carbocycles. The Morgan fingerprint density at radius 2 is 1.67 bits per heavy atom. The van der Waals surface area contributed by atoms with E-state index in [1.165, 1.54) is 23.1 Å². The van der Waals surface area contributed by atoms with Crippen LogP contribution in [-0.4, -0.2) is 78.0 Å². The lowest BCUT2D eigenvalue weighted by molar-refractivity contribution is -0.387. The highest BCUT2D eigenvalue weighted by atomic mass is 32.2. The molecule has 0 radical (unpaired) electrons. The van der Waals surface area contributed by atoms with Crippen LogP contribution >= 0.6 is 0 Å². The Bertz CT molecular complexity index is 1340. The van der Waals surface area contributed by atoms with Crippen LogP contribution in [0, 0.1) is 17.0 Å². The van der Waals surface area contributed by atoms with Gasteiger partial charge < -0.3 is 10.2 Å². The highest BCUT2D eigenvalue weighted by molar-refractivity contribution is 7.89. The molecule has 0 spiro atoms. The van der Waals surface area contributed by atoms with Crippen LogP contribution in [-0.2, 0) is 25.2 Å². The third-order valence-corrected chi connectivity index (χ3v) is 8.41. The summed E-state index contributed by atoms with van der Waals surface area (Å²) in [4.78, 5) is 50.9. The number of sulfonamides is 1. The number of piperazine rings is 1. The third-order valence-electron chi connectivity index (χ3n) is 6.47. The summed E-state index contributed by atoms with van der Waals surface area (Å²) >= 11 is 0. The molecule has 36 heavy (non-hydrogen) atoms. The highest BCUT2D eigenvalue weighted by Crippen LogP contribution is 2.30. The molecule has 0 bridgehead atoms. The van der Waals surface area contributed by atoms with Crippen molar-refractivity contribution in [2.75, 3.05) is 32.7 Å². The van der Waals surface area contributed by atoms with Crippen molar-refractivity contribution >= 4 is 33.6 Å². The number of nitrogens with one attached hydrogen (secondary N) is 1. The van der Waals surface area contributed by atoms with E-state index in [9.17, 15) is 32.9 Å². The summed E-state index contributed by atoms with van der Waals surface area (Å²) in [6, 6.07) is 11.5. The minimum Gasteiger partial charge on any atom is -0.338 e. The van der Waals surface area contributed by atoms with Gasteiger partial charge in [0.05, 0.1) is 4.92 Å². The van der Waals surface area contributed by atoms with Crippen molar-refractivity contribution in [2.24, 2.45) is 0 Å². The van der Waals surface area contributed by atoms with Crippen LogP contribution in [0.2, 0.25) is 0 Å². The Morgan fingerprint density at radius 3 is 2.28 bits per heavy atom. The molecule has 13 heteroatoms. The zero-order valence-corrected chi connectivity index (χ0v) is 20.5. The first-order valence-corrected chi connectivity index (χ1v) is 12.6. The number of hydrogen-bond acceptors (Lipinski definition) is 7. The number of nitrogens with zero attached hydrogens (tertiary/aromatic N) is 4. The number of hydrogen-bond donors (Lipinski definition) is 1. The summed E-state index contributed by atoms with van der Waals surface area (Å²) < 4.78 is 27.1. The average Bonchev–Trinajstić information content (AvgIpc) is 3.08. The molecule has 1 atom stereocenters. The van der Waals surface area contributed by atoms with Gasteiger partial charge in [-0.2, -0.15) is 4.31 Å². The molecule has 2 saturated heterocycles. The number of benzene rings is 2. The highest BCUT2D eigenvalue weighted by Gasteiger charge is 2.49. The van der Waals surface area contributed by atoms with Crippen molar-refractivity contribution in [2.45, 2.75) is 24.3 Å². The largest absolute Gasteiger partial charge is 0.338 e. The number of nitro groups is 1. The fraction of sp³-hybridized carbons (Fsp3) is 0.348. The summed E-state index contributed by atoms with van der Waals surface area (Å²) in [5.74, 6) is -1.06. The third kappa shape index (κ3) is 4.42. The summed E-state index contributed by atoms with van der Waals surface area (Å²) in [5.41, 5.74) is -0.238. The fourth-order valence-corrected chi connectivity index (χ4v) is 5.88. The van der Waals surface area contributed by atoms with Crippen LogP contribution in [0.5, 0.6) is 0 Å². The van der Waals surface area contributed by atoms with Gasteiger partial charge in [0.15, 0.2) is 4.90 Å². The Morgan fingerprint density at radius 1 is 1.06 bits per heavy atom. The number of rotatable bonds is 6. The lowest BCUT2D eigenvalue weighted by atomic mass is 9.91. The smallest absolute Gasteiger partial charge is 0.325 e. The van der Waals surface area contributed by atoms with Gasteiger partial charge in [-0.05, 0) is 25.5 Å². The monoisotopic (exact) mass is 515 g/mol. The van der Waals surface area contributed by atoms with Crippen LogP contribution < -0.4 is 5.32 Å². The van der Waals surface area contributed by atoms with Crippen LogP contribution in [0.4, 0.5) is 10.5 Å². The first-order chi connectivity index (χ1) is 16.9. The minimum absolute atomic E-state index is 0.0115. The molecule has 2 heterocycles. The molecule has 12 nitrogen and oxygen atoms in total. The van der Waals surface area contributed by atoms with Crippen LogP contribution in [0.3, 0.4) is 0 Å². The lowest BCUT2D eigenvalue weighted by Gasteiger charge is -2.34. The second kappa shape index (κ2) is 9.32. The van der Waals surface area contributed by atoms with Gasteiger partial charge in [0.2, 0.25) is 15.9 Å². The first-order valence-electron chi connectivity index (χ1n) is 11.2. The van der Waals surface area contributed by atoms with Crippen molar-refractivity contribution in [1.82, 2.24) is 19.4 Å². The van der Waals surface area contributed by atoms with E-state index in [0.29, 0.717) is 5.56 Å². The molecule has 2 aromatic carbocycles. The number of aryl methyl sites for hydroxylation is 1. The maximum atomic E-state index is 13.1. The number of imide groups is 1. The molecule has 4 rings (SSSR count). The van der Waals surface area contributed by atoms with Crippen molar-refractivity contribution in [1.29, 1.82) is 0 Å². The number of para-hydroxylation sites is 1. The summed E-state index contributed by atoms with van der Waals surface area (Å²) in [6.45, 7) is 2.86. The van der Waals surface area contributed by atoms with Crippen molar-refractivity contribution in [3.05, 3.63) is 69.8 Å². The SMILES string of the molecule is Cc1ccc([C@@]2(C)NC(=O)N(CC(=O)N3CCN(S(=O)(=O)c4ccccc4[N+](=O)[O-])CC3)C2=O)cc1. The summed E-state index contributed by atoms with van der Waals surface area (Å²) in [7, 11) is -4.15. The van der Waals surface area contributed by atoms with E-state index >= 15 is 0 Å². The molecule has 190 valence electrons. The van der Waals surface area contributed by atoms with Crippen LogP contribution in [0.1, 0.15) is 18.1 Å². The van der Waals surface area contributed by atoms with Crippen LogP contribution in [0.25, 0.3) is 0 Å². The number of amides is 4. The maximum absolute atomic E-state index is 13.1. The van der Waals surface area contributed by atoms with Gasteiger partial charge in [0.25, 0.3) is 11.6 Å². The number of carbonyl (C=O) groups excluding carboxylic acids is 3. The van der Waals surface area contributed by atoms with E-state index in [2.05, 4.69) is 5.32 Å². The summed E-state index contributed by atoms with van der Waals surface area (Å²) in [6.07, 6.45) is 0. The molecular weight excluding hydrogens is 490 g/mol. The number of carbonyl (C=O) groups is 3. The Kier molecular flexibility index (Phi) is 6.54. The van der Waals surface area contributed by atoms with Gasteiger partial charge in [0, 0.05) is 32.2 Å². The maximum Gasteiger partial charge on any atom is 0.325 e. The fourth-order valence-electron chi connectivity index (χ4n) is 4.30. The lowest BCUT2D eigenvalue weighted by Crippen LogP contribution is -2.53. The molecule has 2 fully saturated rings. The van der Waals surface area contributed by atoms with Crippen molar-refractivity contribution in [3.63, 3.8) is 0 Å². The predicted molar refractivity (Wildman–Crippen MR) is 127 cm³/mol. The molecule has 0 unspecified atom stereocenters. The second-order valence-electron chi connectivity index (χ2n) is 8.82. The van der Waals surface area contributed by atoms with E-state index in [0.717, 1.165) is 20.8 Å². The average molecular weight is 516 g/mol. The molecular formula is C23H25N5O7S.